The van der Waals surface area contributed by atoms with E-state index in [4.69, 9.17) is 4.52 Å². The van der Waals surface area contributed by atoms with Crippen molar-refractivity contribution < 1.29 is 13.8 Å². The molecule has 0 atom stereocenters. The lowest BCUT2D eigenvalue weighted by molar-refractivity contribution is -0.387. The van der Waals surface area contributed by atoms with Gasteiger partial charge in [-0.2, -0.15) is 9.37 Å². The summed E-state index contributed by atoms with van der Waals surface area (Å²) in [6.07, 6.45) is 1.89. The molecule has 0 fully saturated rings. The van der Waals surface area contributed by atoms with Gasteiger partial charge in [-0.1, -0.05) is 11.2 Å². The number of hydrogen-bond acceptors (Lipinski definition) is 6. The predicted molar refractivity (Wildman–Crippen MR) is 62.8 cm³/mol. The normalized spacial score (nSPS) is 10.6. The van der Waals surface area contributed by atoms with E-state index < -0.39 is 16.4 Å². The second-order valence-electron chi connectivity index (χ2n) is 3.80. The molecule has 0 saturated carbocycles. The number of halogens is 1. The Morgan fingerprint density at radius 3 is 2.95 bits per heavy atom. The highest BCUT2D eigenvalue weighted by Crippen LogP contribution is 2.17. The number of nitro groups is 1. The summed E-state index contributed by atoms with van der Waals surface area (Å²) in [5, 5.41) is 17.0. The molecule has 0 amide bonds. The van der Waals surface area contributed by atoms with E-state index in [1.165, 1.54) is 12.4 Å². The molecule has 0 unspecified atom stereocenters. The van der Waals surface area contributed by atoms with E-state index in [-0.39, 0.29) is 0 Å². The Balaban J connectivity index is 1.83. The van der Waals surface area contributed by atoms with Crippen LogP contribution in [-0.4, -0.2) is 21.6 Å². The summed E-state index contributed by atoms with van der Waals surface area (Å²) >= 11 is 0. The number of benzene rings is 1. The van der Waals surface area contributed by atoms with Crippen molar-refractivity contribution in [2.75, 3.05) is 6.54 Å². The molecular weight excluding hydrogens is 255 g/mol. The molecule has 0 aliphatic carbocycles. The largest absolute Gasteiger partial charge is 0.340 e. The van der Waals surface area contributed by atoms with E-state index in [9.17, 15) is 14.5 Å². The molecule has 8 heteroatoms. The van der Waals surface area contributed by atoms with Crippen LogP contribution in [0.15, 0.2) is 29.0 Å². The molecule has 2 aromatic rings. The molecule has 100 valence electrons. The van der Waals surface area contributed by atoms with Gasteiger partial charge in [0.2, 0.25) is 11.7 Å². The molecule has 0 spiro atoms. The van der Waals surface area contributed by atoms with Crippen LogP contribution in [-0.2, 0) is 13.0 Å². The average molecular weight is 266 g/mol. The maximum Gasteiger partial charge on any atom is 0.304 e. The number of aromatic nitrogens is 2. The lowest BCUT2D eigenvalue weighted by atomic mass is 10.2. The fourth-order valence-electron chi connectivity index (χ4n) is 1.54. The van der Waals surface area contributed by atoms with Gasteiger partial charge in [0.05, 0.1) is 4.92 Å². The summed E-state index contributed by atoms with van der Waals surface area (Å²) in [6, 6.07) is 3.82. The summed E-state index contributed by atoms with van der Waals surface area (Å²) in [4.78, 5) is 13.6. The molecule has 19 heavy (non-hydrogen) atoms. The zero-order chi connectivity index (χ0) is 13.7. The van der Waals surface area contributed by atoms with E-state index in [0.29, 0.717) is 31.0 Å². The minimum Gasteiger partial charge on any atom is -0.340 e. The number of nitrogens with one attached hydrogen (secondary N) is 1. The molecule has 1 heterocycles. The van der Waals surface area contributed by atoms with E-state index in [2.05, 4.69) is 15.5 Å². The van der Waals surface area contributed by atoms with Crippen molar-refractivity contribution in [1.29, 1.82) is 0 Å². The molecule has 1 aromatic heterocycles. The maximum absolute atomic E-state index is 13.3. The van der Waals surface area contributed by atoms with E-state index in [0.717, 1.165) is 12.1 Å². The van der Waals surface area contributed by atoms with Crippen molar-refractivity contribution in [1.82, 2.24) is 15.5 Å². The molecule has 0 aliphatic rings. The Bertz CT molecular complexity index is 559. The van der Waals surface area contributed by atoms with E-state index in [1.807, 2.05) is 0 Å². The van der Waals surface area contributed by atoms with Crippen molar-refractivity contribution in [3.8, 4) is 0 Å². The smallest absolute Gasteiger partial charge is 0.304 e. The molecule has 0 saturated heterocycles. The Morgan fingerprint density at radius 1 is 1.47 bits per heavy atom. The molecule has 2 rings (SSSR count). The first kappa shape index (κ1) is 13.1. The van der Waals surface area contributed by atoms with Crippen LogP contribution in [0.3, 0.4) is 0 Å². The quantitative estimate of drug-likeness (QED) is 0.483. The van der Waals surface area contributed by atoms with Gasteiger partial charge in [0.15, 0.2) is 6.33 Å². The highest BCUT2D eigenvalue weighted by molar-refractivity contribution is 5.34. The van der Waals surface area contributed by atoms with Gasteiger partial charge in [0.25, 0.3) is 0 Å². The third kappa shape index (κ3) is 3.55. The van der Waals surface area contributed by atoms with Crippen LogP contribution < -0.4 is 5.32 Å². The van der Waals surface area contributed by atoms with Crippen molar-refractivity contribution in [2.24, 2.45) is 0 Å². The third-order valence-electron chi connectivity index (χ3n) is 2.46. The van der Waals surface area contributed by atoms with E-state index >= 15 is 0 Å². The second kappa shape index (κ2) is 6.01. The zero-order valence-electron chi connectivity index (χ0n) is 9.88. The first-order chi connectivity index (χ1) is 9.16. The maximum atomic E-state index is 13.3. The molecule has 1 aromatic carbocycles. The first-order valence-electron chi connectivity index (χ1n) is 5.56. The van der Waals surface area contributed by atoms with Crippen molar-refractivity contribution in [3.05, 3.63) is 51.9 Å². The lowest BCUT2D eigenvalue weighted by Gasteiger charge is -2.03. The molecule has 0 aliphatic heterocycles. The van der Waals surface area contributed by atoms with Crippen LogP contribution in [0.25, 0.3) is 0 Å². The highest BCUT2D eigenvalue weighted by Gasteiger charge is 2.13. The Morgan fingerprint density at radius 2 is 2.32 bits per heavy atom. The fraction of sp³-hybridized carbons (Fsp3) is 0.273. The van der Waals surface area contributed by atoms with Crippen LogP contribution in [0.2, 0.25) is 0 Å². The van der Waals surface area contributed by atoms with Crippen molar-refractivity contribution in [3.63, 3.8) is 0 Å². The number of nitrogens with zero attached hydrogens (tertiary/aromatic N) is 3. The topological polar surface area (TPSA) is 94.1 Å². The minimum atomic E-state index is -0.832. The standard InChI is InChI=1S/C11H11FN4O3/c12-9-5-8(1-2-10(9)16(17)18)6-13-4-3-11-14-7-15-19-11/h1-2,5,7,13H,3-4,6H2. The van der Waals surface area contributed by atoms with Gasteiger partial charge < -0.3 is 9.84 Å². The predicted octanol–water partition coefficient (Wildman–Crippen LogP) is 1.45. The monoisotopic (exact) mass is 266 g/mol. The molecule has 0 bridgehead atoms. The summed E-state index contributed by atoms with van der Waals surface area (Å²) in [6.45, 7) is 0.990. The summed E-state index contributed by atoms with van der Waals surface area (Å²) in [5.41, 5.74) is 0.114. The number of hydrogen-bond donors (Lipinski definition) is 1. The van der Waals surface area contributed by atoms with Crippen LogP contribution >= 0.6 is 0 Å². The molecule has 0 radical (unpaired) electrons. The summed E-state index contributed by atoms with van der Waals surface area (Å²) in [5.74, 6) is -0.316. The SMILES string of the molecule is O=[N+]([O-])c1ccc(CNCCc2ncno2)cc1F. The first-order valence-corrected chi connectivity index (χ1v) is 5.56. The van der Waals surface area contributed by atoms with Gasteiger partial charge in [-0.15, -0.1) is 0 Å². The van der Waals surface area contributed by atoms with Gasteiger partial charge in [-0.3, -0.25) is 10.1 Å². The molecule has 7 nitrogen and oxygen atoms in total. The van der Waals surface area contributed by atoms with Gasteiger partial charge in [0, 0.05) is 25.6 Å². The van der Waals surface area contributed by atoms with Crippen LogP contribution in [0.4, 0.5) is 10.1 Å². The molecular formula is C11H11FN4O3. The second-order valence-corrected chi connectivity index (χ2v) is 3.80. The van der Waals surface area contributed by atoms with Crippen molar-refractivity contribution in [2.45, 2.75) is 13.0 Å². The van der Waals surface area contributed by atoms with Crippen LogP contribution in [0.1, 0.15) is 11.5 Å². The Hall–Kier alpha value is -2.35. The lowest BCUT2D eigenvalue weighted by Crippen LogP contribution is -2.17. The minimum absolute atomic E-state index is 0.406. The van der Waals surface area contributed by atoms with Crippen molar-refractivity contribution >= 4 is 5.69 Å². The van der Waals surface area contributed by atoms with Crippen LogP contribution in [0.5, 0.6) is 0 Å². The number of rotatable bonds is 6. The highest BCUT2D eigenvalue weighted by atomic mass is 19.1. The third-order valence-corrected chi connectivity index (χ3v) is 2.46. The van der Waals surface area contributed by atoms with E-state index in [1.54, 1.807) is 0 Å². The van der Waals surface area contributed by atoms with Crippen LogP contribution in [0, 0.1) is 15.9 Å². The summed E-state index contributed by atoms with van der Waals surface area (Å²) in [7, 11) is 0. The van der Waals surface area contributed by atoms with Gasteiger partial charge in [0.1, 0.15) is 0 Å². The Kier molecular flexibility index (Phi) is 4.14. The number of nitro benzene ring substituents is 1. The zero-order valence-corrected chi connectivity index (χ0v) is 9.88. The summed E-state index contributed by atoms with van der Waals surface area (Å²) < 4.78 is 18.1. The van der Waals surface area contributed by atoms with Gasteiger partial charge >= 0.3 is 5.69 Å². The average Bonchev–Trinajstić information content (AvgIpc) is 2.87. The Labute approximate surface area is 107 Å². The fourth-order valence-corrected chi connectivity index (χ4v) is 1.54. The molecule has 1 N–H and O–H groups in total. The van der Waals surface area contributed by atoms with Gasteiger partial charge in [-0.25, -0.2) is 0 Å². The van der Waals surface area contributed by atoms with Gasteiger partial charge in [-0.05, 0) is 11.6 Å².